The van der Waals surface area contributed by atoms with Crippen molar-refractivity contribution in [1.82, 2.24) is 9.62 Å². The number of piperidine rings is 1. The van der Waals surface area contributed by atoms with Gasteiger partial charge < -0.3 is 5.32 Å². The summed E-state index contributed by atoms with van der Waals surface area (Å²) in [6.07, 6.45) is 0.521. The third-order valence-electron chi connectivity index (χ3n) is 2.68. The number of rotatable bonds is 5. The van der Waals surface area contributed by atoms with Crippen molar-refractivity contribution in [3.05, 3.63) is 0 Å². The summed E-state index contributed by atoms with van der Waals surface area (Å²) in [6, 6.07) is 0. The van der Waals surface area contributed by atoms with Crippen LogP contribution in [-0.4, -0.2) is 51.6 Å². The molecule has 0 aromatic rings. The molecule has 1 rings (SSSR count). The molecule has 1 N–H and O–H groups in total. The third-order valence-corrected chi connectivity index (χ3v) is 3.95. The van der Waals surface area contributed by atoms with Crippen molar-refractivity contribution in [2.24, 2.45) is 5.92 Å². The van der Waals surface area contributed by atoms with Crippen molar-refractivity contribution in [1.29, 1.82) is 0 Å². The number of sulfonamides is 1. The van der Waals surface area contributed by atoms with Gasteiger partial charge in [0.1, 0.15) is 0 Å². The molecule has 1 aliphatic heterocycles. The van der Waals surface area contributed by atoms with Gasteiger partial charge in [-0.2, -0.15) is 0 Å². The fourth-order valence-electron chi connectivity index (χ4n) is 1.89. The fourth-order valence-corrected chi connectivity index (χ4v) is 2.83. The second-order valence-electron chi connectivity index (χ2n) is 4.18. The fraction of sp³-hybridized carbons (Fsp3) is 1.00. The number of nitrogens with zero attached hydrogens (tertiary/aromatic N) is 1. The molecule has 0 radical (unpaired) electrons. The number of hydrogen-bond donors (Lipinski definition) is 1. The predicted molar refractivity (Wildman–Crippen MR) is 58.0 cm³/mol. The van der Waals surface area contributed by atoms with Crippen LogP contribution in [0.3, 0.4) is 0 Å². The van der Waals surface area contributed by atoms with Crippen molar-refractivity contribution >= 4 is 10.0 Å². The molecule has 0 amide bonds. The molecule has 7 heteroatoms. The van der Waals surface area contributed by atoms with Gasteiger partial charge in [0.05, 0.1) is 12.8 Å². The zero-order valence-electron chi connectivity index (χ0n) is 9.33. The van der Waals surface area contributed by atoms with Gasteiger partial charge in [0.25, 0.3) is 6.43 Å². The molecule has 0 spiro atoms. The molecule has 0 aromatic heterocycles. The lowest BCUT2D eigenvalue weighted by molar-refractivity contribution is 0.141. The Hall–Kier alpha value is -0.270. The first-order chi connectivity index (χ1) is 7.39. The average Bonchev–Trinajstić information content (AvgIpc) is 2.16. The minimum Gasteiger partial charge on any atom is -0.311 e. The van der Waals surface area contributed by atoms with Crippen molar-refractivity contribution in [3.8, 4) is 0 Å². The highest BCUT2D eigenvalue weighted by Crippen LogP contribution is 2.17. The molecule has 0 bridgehead atoms. The highest BCUT2D eigenvalue weighted by molar-refractivity contribution is 7.88. The number of alkyl halides is 2. The molecule has 0 aromatic carbocycles. The Bertz CT molecular complexity index is 309. The Labute approximate surface area is 95.1 Å². The average molecular weight is 256 g/mol. The molecule has 1 aliphatic rings. The van der Waals surface area contributed by atoms with E-state index in [4.69, 9.17) is 0 Å². The zero-order valence-corrected chi connectivity index (χ0v) is 10.1. The third kappa shape index (κ3) is 4.71. The molecule has 0 aliphatic carbocycles. The lowest BCUT2D eigenvalue weighted by atomic mass is 10.00. The minimum atomic E-state index is -3.14. The standard InChI is InChI=1S/C9H18F2N2O2S/c1-16(14,15)13-4-2-3-8(7-13)5-12-6-9(10)11/h8-9,12H,2-7H2,1H3. The molecule has 1 saturated heterocycles. The lowest BCUT2D eigenvalue weighted by Gasteiger charge is -2.31. The summed E-state index contributed by atoms with van der Waals surface area (Å²) in [7, 11) is -3.14. The van der Waals surface area contributed by atoms with Crippen LogP contribution in [0.2, 0.25) is 0 Å². The van der Waals surface area contributed by atoms with Crippen LogP contribution in [0.15, 0.2) is 0 Å². The number of nitrogens with one attached hydrogen (secondary N) is 1. The molecule has 1 heterocycles. The summed E-state index contributed by atoms with van der Waals surface area (Å²) in [5, 5.41) is 2.66. The van der Waals surface area contributed by atoms with Gasteiger partial charge in [0.2, 0.25) is 10.0 Å². The predicted octanol–water partition coefficient (Wildman–Crippen LogP) is 0.513. The zero-order chi connectivity index (χ0) is 12.2. The molecular weight excluding hydrogens is 238 g/mol. The maximum Gasteiger partial charge on any atom is 0.250 e. The maximum atomic E-state index is 11.9. The van der Waals surface area contributed by atoms with E-state index < -0.39 is 16.4 Å². The molecule has 0 saturated carbocycles. The Balaban J connectivity index is 2.34. The summed E-state index contributed by atoms with van der Waals surface area (Å²) in [5.74, 6) is 0.141. The van der Waals surface area contributed by atoms with Crippen LogP contribution in [0.5, 0.6) is 0 Å². The normalized spacial score (nSPS) is 23.9. The van der Waals surface area contributed by atoms with Gasteiger partial charge in [0, 0.05) is 13.1 Å². The van der Waals surface area contributed by atoms with E-state index in [0.717, 1.165) is 12.8 Å². The largest absolute Gasteiger partial charge is 0.311 e. The highest BCUT2D eigenvalue weighted by Gasteiger charge is 2.25. The maximum absolute atomic E-state index is 11.9. The van der Waals surface area contributed by atoms with E-state index in [9.17, 15) is 17.2 Å². The van der Waals surface area contributed by atoms with Crippen LogP contribution in [-0.2, 0) is 10.0 Å². The van der Waals surface area contributed by atoms with Gasteiger partial charge in [-0.1, -0.05) is 0 Å². The van der Waals surface area contributed by atoms with E-state index in [0.29, 0.717) is 19.6 Å². The first-order valence-corrected chi connectivity index (χ1v) is 7.18. The minimum absolute atomic E-state index is 0.141. The van der Waals surface area contributed by atoms with Crippen LogP contribution in [0.25, 0.3) is 0 Å². The van der Waals surface area contributed by atoms with Gasteiger partial charge in [0.15, 0.2) is 0 Å². The van der Waals surface area contributed by atoms with E-state index in [2.05, 4.69) is 5.32 Å². The summed E-state index contributed by atoms with van der Waals surface area (Å²) in [4.78, 5) is 0. The first kappa shape index (κ1) is 13.8. The van der Waals surface area contributed by atoms with Crippen molar-refractivity contribution < 1.29 is 17.2 Å². The Morgan fingerprint density at radius 2 is 2.19 bits per heavy atom. The smallest absolute Gasteiger partial charge is 0.250 e. The SMILES string of the molecule is CS(=O)(=O)N1CCCC(CNCC(F)F)C1. The van der Waals surface area contributed by atoms with E-state index >= 15 is 0 Å². The molecule has 16 heavy (non-hydrogen) atoms. The Morgan fingerprint density at radius 3 is 2.75 bits per heavy atom. The van der Waals surface area contributed by atoms with Gasteiger partial charge >= 0.3 is 0 Å². The van der Waals surface area contributed by atoms with Crippen LogP contribution in [0, 0.1) is 5.92 Å². The van der Waals surface area contributed by atoms with Crippen LogP contribution < -0.4 is 5.32 Å². The Kier molecular flexibility index (Phi) is 5.07. The van der Waals surface area contributed by atoms with Gasteiger partial charge in [-0.05, 0) is 25.3 Å². The van der Waals surface area contributed by atoms with E-state index in [1.165, 1.54) is 10.6 Å². The summed E-state index contributed by atoms with van der Waals surface area (Å²) < 4.78 is 47.8. The van der Waals surface area contributed by atoms with E-state index in [-0.39, 0.29) is 12.5 Å². The topological polar surface area (TPSA) is 49.4 Å². The quantitative estimate of drug-likeness (QED) is 0.780. The second-order valence-corrected chi connectivity index (χ2v) is 6.16. The molecule has 1 fully saturated rings. The monoisotopic (exact) mass is 256 g/mol. The molecule has 1 unspecified atom stereocenters. The summed E-state index contributed by atoms with van der Waals surface area (Å²) in [5.41, 5.74) is 0. The van der Waals surface area contributed by atoms with E-state index in [1.54, 1.807) is 0 Å². The lowest BCUT2D eigenvalue weighted by Crippen LogP contribution is -2.42. The molecular formula is C9H18F2N2O2S. The summed E-state index contributed by atoms with van der Waals surface area (Å²) >= 11 is 0. The van der Waals surface area contributed by atoms with Crippen molar-refractivity contribution in [2.45, 2.75) is 19.3 Å². The van der Waals surface area contributed by atoms with Gasteiger partial charge in [-0.15, -0.1) is 0 Å². The molecule has 96 valence electrons. The Morgan fingerprint density at radius 1 is 1.50 bits per heavy atom. The van der Waals surface area contributed by atoms with Crippen molar-refractivity contribution in [3.63, 3.8) is 0 Å². The number of hydrogen-bond acceptors (Lipinski definition) is 3. The van der Waals surface area contributed by atoms with Crippen LogP contribution in [0.1, 0.15) is 12.8 Å². The van der Waals surface area contributed by atoms with Gasteiger partial charge in [-0.3, -0.25) is 0 Å². The molecule has 1 atom stereocenters. The summed E-state index contributed by atoms with van der Waals surface area (Å²) in [6.45, 7) is 1.12. The molecule has 4 nitrogen and oxygen atoms in total. The van der Waals surface area contributed by atoms with Gasteiger partial charge in [-0.25, -0.2) is 21.5 Å². The van der Waals surface area contributed by atoms with Crippen LogP contribution in [0.4, 0.5) is 8.78 Å². The highest BCUT2D eigenvalue weighted by atomic mass is 32.2. The second kappa shape index (κ2) is 5.88. The van der Waals surface area contributed by atoms with E-state index in [1.807, 2.05) is 0 Å². The first-order valence-electron chi connectivity index (χ1n) is 5.33. The van der Waals surface area contributed by atoms with Crippen molar-refractivity contribution in [2.75, 3.05) is 32.4 Å². The number of halogens is 2. The van der Waals surface area contributed by atoms with Crippen LogP contribution >= 0.6 is 0 Å².